The van der Waals surface area contributed by atoms with E-state index in [2.05, 4.69) is 158 Å². The predicted molar refractivity (Wildman–Crippen MR) is 179 cm³/mol. The first-order valence-corrected chi connectivity index (χ1v) is 19.4. The van der Waals surface area contributed by atoms with Crippen LogP contribution in [0.3, 0.4) is 0 Å². The molecule has 0 saturated heterocycles. The molecule has 0 spiro atoms. The zero-order valence-corrected chi connectivity index (χ0v) is 32.4. The molecule has 4 heteroatoms. The quantitative estimate of drug-likeness (QED) is 0.207. The van der Waals surface area contributed by atoms with Crippen molar-refractivity contribution in [2.45, 2.75) is 85.9 Å². The summed E-state index contributed by atoms with van der Waals surface area (Å²) in [6.07, 6.45) is 5.81. The van der Waals surface area contributed by atoms with Gasteiger partial charge in [0, 0.05) is 0 Å². The second-order valence-corrected chi connectivity index (χ2v) is 19.9. The first-order chi connectivity index (χ1) is 18.5. The van der Waals surface area contributed by atoms with Crippen molar-refractivity contribution in [2.75, 3.05) is 0 Å². The molecule has 0 fully saturated rings. The van der Waals surface area contributed by atoms with Crippen LogP contribution in [0.4, 0.5) is 0 Å². The molecule has 0 radical (unpaired) electrons. The van der Waals surface area contributed by atoms with Crippen LogP contribution in [0, 0.1) is 12.0 Å². The standard InChI is InChI=1S/C21H25.C10H17Si.C7H6.2ClH.Zr/c1-20(2,3)16-9-7-14-11-15-8-10-17(21(4,5)6)13-19(15)18(14)12-16;1-8-6-9(2)10(7-8)11(3,4)5;1-7-5-3-2-4-6-7;;;/h7-13H,1-6H3;7-8H,1-5H3;1-6H;2*1H;/q2*-1;;;;+2/p-2. The number of fused-ring (bicyclic) bond motifs is 3. The number of benzene rings is 3. The molecule has 0 N–H and O–H groups in total. The second-order valence-electron chi connectivity index (χ2n) is 14.2. The zero-order valence-electron chi connectivity index (χ0n) is 27.4. The Hall–Kier alpha value is -1.44. The molecule has 0 amide bonds. The van der Waals surface area contributed by atoms with Crippen LogP contribution in [0.5, 0.6) is 0 Å². The topological polar surface area (TPSA) is 0 Å². The number of halogens is 2. The molecule has 0 aliphatic heterocycles. The van der Waals surface area contributed by atoms with Crippen molar-refractivity contribution in [3.63, 3.8) is 0 Å². The van der Waals surface area contributed by atoms with Crippen LogP contribution in [0.25, 0.3) is 21.5 Å². The summed E-state index contributed by atoms with van der Waals surface area (Å²) >= 11 is 1.46. The van der Waals surface area contributed by atoms with Gasteiger partial charge in [0.05, 0.1) is 0 Å². The van der Waals surface area contributed by atoms with Gasteiger partial charge in [-0.1, -0.05) is 116 Å². The molecule has 1 aliphatic rings. The molecule has 1 aliphatic carbocycles. The second kappa shape index (κ2) is 15.5. The van der Waals surface area contributed by atoms with Crippen molar-refractivity contribution < 1.29 is 49.0 Å². The van der Waals surface area contributed by atoms with E-state index in [0.29, 0.717) is 5.92 Å². The summed E-state index contributed by atoms with van der Waals surface area (Å²) in [5.41, 5.74) is 5.92. The normalized spacial score (nSPS) is 14.8. The van der Waals surface area contributed by atoms with E-state index in [1.54, 1.807) is 5.20 Å². The summed E-state index contributed by atoms with van der Waals surface area (Å²) in [7, 11) is -1.07. The molecule has 42 heavy (non-hydrogen) atoms. The van der Waals surface area contributed by atoms with Gasteiger partial charge in [0.25, 0.3) is 0 Å². The average Bonchev–Trinajstić information content (AvgIpc) is 3.42. The third-order valence-electron chi connectivity index (χ3n) is 7.48. The monoisotopic (exact) mass is 692 g/mol. The molecule has 5 rings (SSSR count). The molecule has 0 aromatic heterocycles. The van der Waals surface area contributed by atoms with Gasteiger partial charge in [-0.05, 0) is 18.9 Å². The van der Waals surface area contributed by atoms with E-state index in [0.717, 1.165) is 0 Å². The van der Waals surface area contributed by atoms with Gasteiger partial charge in [-0.15, -0.1) is 39.7 Å². The van der Waals surface area contributed by atoms with Gasteiger partial charge >= 0.3 is 63.8 Å². The van der Waals surface area contributed by atoms with E-state index in [1.165, 1.54) is 68.0 Å². The van der Waals surface area contributed by atoms with Crippen LogP contribution in [0.15, 0.2) is 89.6 Å². The fourth-order valence-corrected chi connectivity index (χ4v) is 7.55. The fraction of sp³-hybridized carbons (Fsp3) is 0.368. The van der Waals surface area contributed by atoms with Gasteiger partial charge < -0.3 is 24.8 Å². The van der Waals surface area contributed by atoms with E-state index >= 15 is 0 Å². The maximum atomic E-state index is 3.43. The summed E-state index contributed by atoms with van der Waals surface area (Å²) in [6.45, 7) is 25.2. The number of allylic oxidation sites excluding steroid dienone is 4. The molecule has 0 nitrogen and oxygen atoms in total. The third-order valence-corrected chi connectivity index (χ3v) is 10.5. The van der Waals surface area contributed by atoms with Crippen LogP contribution in [0.1, 0.15) is 72.1 Å². The summed E-state index contributed by atoms with van der Waals surface area (Å²) in [5.74, 6) is 0.553. The number of hydrogen-bond donors (Lipinski definition) is 0. The van der Waals surface area contributed by atoms with Crippen molar-refractivity contribution in [2.24, 2.45) is 5.92 Å². The predicted octanol–water partition coefficient (Wildman–Crippen LogP) is 4.89. The van der Waals surface area contributed by atoms with Gasteiger partial charge in [0.1, 0.15) is 0 Å². The minimum atomic E-state index is -1.07. The Kier molecular flexibility index (Phi) is 14.3. The molecule has 0 heterocycles. The molecule has 0 saturated carbocycles. The molecular weight excluding hydrogens is 647 g/mol. The van der Waals surface area contributed by atoms with Crippen molar-refractivity contribution in [1.82, 2.24) is 0 Å². The van der Waals surface area contributed by atoms with Gasteiger partial charge in [0.2, 0.25) is 0 Å². The molecular formula is C38H48Cl2SiZr-2. The SMILES string of the molecule is CC(C)(C)c1ccc2[cH-]c3ccc(C(C)(C)C)cc3c2c1.CC1=[C-]C(C)C=C1[Si](C)(C)C.[Cl-].[Cl-].[Zr+2]=[CH]c1ccccc1. The Balaban J connectivity index is 0.000000354. The molecule has 4 aromatic rings. The van der Waals surface area contributed by atoms with Gasteiger partial charge in [-0.25, -0.2) is 10.8 Å². The van der Waals surface area contributed by atoms with Gasteiger partial charge in [0.15, 0.2) is 0 Å². The van der Waals surface area contributed by atoms with Crippen LogP contribution in [-0.4, -0.2) is 11.8 Å². The molecule has 1 atom stereocenters. The Morgan fingerprint density at radius 3 is 1.50 bits per heavy atom. The average molecular weight is 695 g/mol. The number of hydrogen-bond acceptors (Lipinski definition) is 0. The van der Waals surface area contributed by atoms with Gasteiger partial charge in [-0.2, -0.15) is 6.08 Å². The van der Waals surface area contributed by atoms with E-state index in [4.69, 9.17) is 0 Å². The van der Waals surface area contributed by atoms with Crippen LogP contribution >= 0.6 is 0 Å². The first kappa shape index (κ1) is 38.6. The van der Waals surface area contributed by atoms with Crippen LogP contribution < -0.4 is 24.8 Å². The fourth-order valence-electron chi connectivity index (χ4n) is 5.13. The van der Waals surface area contributed by atoms with E-state index in [1.807, 2.05) is 6.07 Å². The van der Waals surface area contributed by atoms with Crippen LogP contribution in [-0.2, 0) is 35.1 Å². The summed E-state index contributed by atoms with van der Waals surface area (Å²) in [5, 5.41) is 7.09. The summed E-state index contributed by atoms with van der Waals surface area (Å²) in [6, 6.07) is 26.5. The maximum absolute atomic E-state index is 3.43. The van der Waals surface area contributed by atoms with Crippen LogP contribution in [0.2, 0.25) is 19.6 Å². The van der Waals surface area contributed by atoms with Gasteiger partial charge in [-0.3, -0.25) is 6.08 Å². The van der Waals surface area contributed by atoms with E-state index in [-0.39, 0.29) is 35.6 Å². The Morgan fingerprint density at radius 2 is 1.21 bits per heavy atom. The molecule has 4 aromatic carbocycles. The molecule has 1 unspecified atom stereocenters. The van der Waals surface area contributed by atoms with Crippen molar-refractivity contribution in [1.29, 1.82) is 0 Å². The van der Waals surface area contributed by atoms with E-state index < -0.39 is 8.07 Å². The summed E-state index contributed by atoms with van der Waals surface area (Å²) in [4.78, 5) is 0. The van der Waals surface area contributed by atoms with Crippen molar-refractivity contribution >= 4 is 33.3 Å². The summed E-state index contributed by atoms with van der Waals surface area (Å²) < 4.78 is 2.17. The van der Waals surface area contributed by atoms with E-state index in [9.17, 15) is 0 Å². The molecule has 0 bridgehead atoms. The number of rotatable bonds is 2. The van der Waals surface area contributed by atoms with Crippen molar-refractivity contribution in [3.8, 4) is 0 Å². The Morgan fingerprint density at radius 1 is 0.762 bits per heavy atom. The Labute approximate surface area is 284 Å². The minimum absolute atomic E-state index is 0. The molecule has 224 valence electrons. The van der Waals surface area contributed by atoms with Crippen molar-refractivity contribution in [3.05, 3.63) is 112 Å². The zero-order chi connectivity index (χ0) is 29.9. The first-order valence-electron chi connectivity index (χ1n) is 14.5. The Bertz CT molecular complexity index is 1450. The third kappa shape index (κ3) is 10.3.